The maximum absolute atomic E-state index is 11.6. The maximum Gasteiger partial charge on any atom is 0.305 e. The lowest BCUT2D eigenvalue weighted by molar-refractivity contribution is -0.138. The van der Waals surface area contributed by atoms with Gasteiger partial charge in [0.2, 0.25) is 5.91 Å². The van der Waals surface area contributed by atoms with Gasteiger partial charge in [0.05, 0.1) is 31.4 Å². The number of rotatable bonds is 7. The summed E-state index contributed by atoms with van der Waals surface area (Å²) in [6.07, 6.45) is 1.17. The Bertz CT molecular complexity index is 738. The van der Waals surface area contributed by atoms with Crippen LogP contribution in [0.2, 0.25) is 5.02 Å². The number of amidine groups is 1. The zero-order chi connectivity index (χ0) is 18.4. The highest BCUT2D eigenvalue weighted by Gasteiger charge is 2.32. The third kappa shape index (κ3) is 5.10. The van der Waals surface area contributed by atoms with E-state index in [0.717, 1.165) is 11.8 Å². The van der Waals surface area contributed by atoms with Crippen LogP contribution in [0.15, 0.2) is 22.3 Å². The summed E-state index contributed by atoms with van der Waals surface area (Å²) >= 11 is 7.19. The van der Waals surface area contributed by atoms with Gasteiger partial charge in [-0.05, 0) is 19.1 Å². The van der Waals surface area contributed by atoms with E-state index in [1.807, 2.05) is 6.92 Å². The lowest BCUT2D eigenvalue weighted by atomic mass is 10.2. The number of nitrogens with one attached hydrogen (secondary N) is 1. The summed E-state index contributed by atoms with van der Waals surface area (Å²) in [6.45, 7) is 2.29. The predicted molar refractivity (Wildman–Crippen MR) is 96.0 cm³/mol. The minimum atomic E-state index is -1.05. The van der Waals surface area contributed by atoms with Crippen LogP contribution in [0.3, 0.4) is 0 Å². The molecule has 0 bridgehead atoms. The van der Waals surface area contributed by atoms with Gasteiger partial charge < -0.3 is 19.9 Å². The largest absolute Gasteiger partial charge is 0.493 e. The molecular weight excluding hydrogens is 370 g/mol. The number of carbonyl (C=O) groups excluding carboxylic acids is 1. The molecular formula is C15H16ClN3O5S. The molecule has 0 saturated carbocycles. The van der Waals surface area contributed by atoms with Crippen LogP contribution in [0.1, 0.15) is 18.9 Å². The first-order valence-corrected chi connectivity index (χ1v) is 8.51. The number of hydrogen-bond acceptors (Lipinski definition) is 7. The van der Waals surface area contributed by atoms with Crippen molar-refractivity contribution in [2.45, 2.75) is 18.6 Å². The molecule has 1 fully saturated rings. The van der Waals surface area contributed by atoms with Crippen LogP contribution in [-0.4, -0.2) is 47.3 Å². The fourth-order valence-corrected chi connectivity index (χ4v) is 3.18. The standard InChI is InChI=1S/C15H16ClN3O5S/c1-3-24-13-9(16)4-8(5-10(13)23-2)7-17-19-15-18-14(22)11(25-15)6-12(20)21/h4-5,7,11H,3,6H2,1-2H3,(H,20,21)(H,18,19,22)/b17-7-/t11-/m1/s1. The Balaban J connectivity index is 2.11. The molecule has 2 rings (SSSR count). The minimum absolute atomic E-state index is 0.247. The molecule has 1 aromatic rings. The third-order valence-electron chi connectivity index (χ3n) is 3.03. The molecule has 0 unspecified atom stereocenters. The first kappa shape index (κ1) is 19.1. The molecule has 2 N–H and O–H groups in total. The lowest BCUT2D eigenvalue weighted by Crippen LogP contribution is -2.26. The second kappa shape index (κ2) is 8.72. The van der Waals surface area contributed by atoms with Gasteiger partial charge in [-0.1, -0.05) is 23.4 Å². The summed E-state index contributed by atoms with van der Waals surface area (Å²) in [5.41, 5.74) is 0.631. The number of methoxy groups -OCH3 is 1. The normalized spacial score (nSPS) is 18.6. The molecule has 1 saturated heterocycles. The van der Waals surface area contributed by atoms with Gasteiger partial charge in [0.25, 0.3) is 0 Å². The highest BCUT2D eigenvalue weighted by Crippen LogP contribution is 2.36. The minimum Gasteiger partial charge on any atom is -0.493 e. The van der Waals surface area contributed by atoms with Crippen LogP contribution in [0, 0.1) is 0 Å². The van der Waals surface area contributed by atoms with Gasteiger partial charge >= 0.3 is 5.97 Å². The van der Waals surface area contributed by atoms with Crippen molar-refractivity contribution in [3.8, 4) is 11.5 Å². The fourth-order valence-electron chi connectivity index (χ4n) is 1.99. The van der Waals surface area contributed by atoms with Gasteiger partial charge in [0.15, 0.2) is 16.7 Å². The Kier molecular flexibility index (Phi) is 6.65. The Labute approximate surface area is 153 Å². The molecule has 25 heavy (non-hydrogen) atoms. The second-order valence-electron chi connectivity index (χ2n) is 4.81. The van der Waals surface area contributed by atoms with Crippen molar-refractivity contribution in [2.75, 3.05) is 13.7 Å². The van der Waals surface area contributed by atoms with E-state index in [0.29, 0.717) is 28.7 Å². The second-order valence-corrected chi connectivity index (χ2v) is 6.41. The number of carboxylic acids is 1. The zero-order valence-electron chi connectivity index (χ0n) is 13.5. The first-order valence-electron chi connectivity index (χ1n) is 7.25. The van der Waals surface area contributed by atoms with E-state index >= 15 is 0 Å². The molecule has 0 spiro atoms. The molecule has 1 heterocycles. The molecule has 0 aromatic heterocycles. The van der Waals surface area contributed by atoms with Crippen molar-refractivity contribution >= 4 is 46.6 Å². The molecule has 0 radical (unpaired) electrons. The maximum atomic E-state index is 11.6. The van der Waals surface area contributed by atoms with Gasteiger partial charge in [-0.2, -0.15) is 5.10 Å². The molecule has 1 atom stereocenters. The van der Waals surface area contributed by atoms with Crippen LogP contribution in [0.25, 0.3) is 0 Å². The van der Waals surface area contributed by atoms with E-state index in [1.165, 1.54) is 13.3 Å². The monoisotopic (exact) mass is 385 g/mol. The highest BCUT2D eigenvalue weighted by molar-refractivity contribution is 8.15. The van der Waals surface area contributed by atoms with Crippen molar-refractivity contribution in [1.82, 2.24) is 5.32 Å². The van der Waals surface area contributed by atoms with Crippen molar-refractivity contribution in [3.05, 3.63) is 22.7 Å². The van der Waals surface area contributed by atoms with Crippen LogP contribution < -0.4 is 14.8 Å². The van der Waals surface area contributed by atoms with E-state index in [4.69, 9.17) is 26.2 Å². The van der Waals surface area contributed by atoms with Crippen LogP contribution in [-0.2, 0) is 9.59 Å². The molecule has 1 aromatic carbocycles. The van der Waals surface area contributed by atoms with E-state index in [2.05, 4.69) is 15.5 Å². The highest BCUT2D eigenvalue weighted by atomic mass is 35.5. The van der Waals surface area contributed by atoms with E-state index in [9.17, 15) is 9.59 Å². The topological polar surface area (TPSA) is 110 Å². The molecule has 8 nitrogen and oxygen atoms in total. The van der Waals surface area contributed by atoms with Gasteiger partial charge in [-0.25, -0.2) is 0 Å². The Morgan fingerprint density at radius 2 is 2.28 bits per heavy atom. The van der Waals surface area contributed by atoms with E-state index in [1.54, 1.807) is 12.1 Å². The molecule has 1 aliphatic rings. The van der Waals surface area contributed by atoms with Crippen molar-refractivity contribution < 1.29 is 24.2 Å². The smallest absolute Gasteiger partial charge is 0.305 e. The number of benzene rings is 1. The van der Waals surface area contributed by atoms with Gasteiger partial charge in [0.1, 0.15) is 5.25 Å². The number of carboxylic acid groups (broad SMARTS) is 1. The summed E-state index contributed by atoms with van der Waals surface area (Å²) in [4.78, 5) is 22.3. The Morgan fingerprint density at radius 3 is 2.92 bits per heavy atom. The lowest BCUT2D eigenvalue weighted by Gasteiger charge is -2.11. The van der Waals surface area contributed by atoms with Crippen molar-refractivity contribution in [3.63, 3.8) is 0 Å². The van der Waals surface area contributed by atoms with Crippen LogP contribution in [0.5, 0.6) is 11.5 Å². The fraction of sp³-hybridized carbons (Fsp3) is 0.333. The Morgan fingerprint density at radius 1 is 1.52 bits per heavy atom. The number of thioether (sulfide) groups is 1. The first-order chi connectivity index (χ1) is 11.9. The van der Waals surface area contributed by atoms with Gasteiger partial charge in [-0.3, -0.25) is 9.59 Å². The van der Waals surface area contributed by atoms with E-state index < -0.39 is 17.1 Å². The molecule has 1 aliphatic heterocycles. The molecule has 10 heteroatoms. The van der Waals surface area contributed by atoms with Crippen LogP contribution >= 0.6 is 23.4 Å². The number of amides is 1. The summed E-state index contributed by atoms with van der Waals surface area (Å²) < 4.78 is 10.7. The number of carbonyl (C=O) groups is 2. The number of ether oxygens (including phenoxy) is 2. The van der Waals surface area contributed by atoms with Crippen molar-refractivity contribution in [2.24, 2.45) is 10.2 Å². The number of halogens is 1. The average Bonchev–Trinajstić information content (AvgIpc) is 2.88. The molecule has 134 valence electrons. The molecule has 0 aliphatic carbocycles. The summed E-state index contributed by atoms with van der Waals surface area (Å²) in [5, 5.41) is 18.9. The summed E-state index contributed by atoms with van der Waals surface area (Å²) in [6, 6.07) is 3.33. The number of aliphatic carboxylic acids is 1. The van der Waals surface area contributed by atoms with Crippen LogP contribution in [0.4, 0.5) is 0 Å². The molecule has 1 amide bonds. The number of nitrogens with zero attached hydrogens (tertiary/aromatic N) is 2. The third-order valence-corrected chi connectivity index (χ3v) is 4.39. The van der Waals surface area contributed by atoms with E-state index in [-0.39, 0.29) is 11.6 Å². The number of hydrogen-bond donors (Lipinski definition) is 2. The van der Waals surface area contributed by atoms with Crippen molar-refractivity contribution in [1.29, 1.82) is 0 Å². The SMILES string of the molecule is CCOc1c(Cl)cc(/C=N\N=C2\NC(=O)[C@@H](CC(=O)O)S2)cc1OC. The quantitative estimate of drug-likeness (QED) is 0.549. The predicted octanol–water partition coefficient (Wildman–Crippen LogP) is 2.14. The Hall–Kier alpha value is -2.26. The van der Waals surface area contributed by atoms with Gasteiger partial charge in [0, 0.05) is 5.56 Å². The zero-order valence-corrected chi connectivity index (χ0v) is 15.1. The summed E-state index contributed by atoms with van der Waals surface area (Å²) in [7, 11) is 1.50. The van der Waals surface area contributed by atoms with Gasteiger partial charge in [-0.15, -0.1) is 5.10 Å². The average molecular weight is 386 g/mol. The summed E-state index contributed by atoms with van der Waals surface area (Å²) in [5.74, 6) is -0.528.